The number of amides is 2. The summed E-state index contributed by atoms with van der Waals surface area (Å²) < 4.78 is 22.1. The molecule has 0 unspecified atom stereocenters. The van der Waals surface area contributed by atoms with Gasteiger partial charge in [0, 0.05) is 77.2 Å². The number of ether oxygens (including phenoxy) is 4. The molecule has 12 aromatic rings. The van der Waals surface area contributed by atoms with E-state index in [0.717, 1.165) is 52.4 Å². The summed E-state index contributed by atoms with van der Waals surface area (Å²) in [6, 6.07) is 24.7. The summed E-state index contributed by atoms with van der Waals surface area (Å²) in [4.78, 5) is 94.5. The van der Waals surface area contributed by atoms with Crippen LogP contribution >= 0.6 is 91.2 Å². The summed E-state index contributed by atoms with van der Waals surface area (Å²) in [6.07, 6.45) is 6.53. The van der Waals surface area contributed by atoms with Crippen molar-refractivity contribution in [1.82, 2.24) is 49.8 Å². The molecular formula is C58H50Cl2N16O10S6. The van der Waals surface area contributed by atoms with Crippen molar-refractivity contribution in [3.8, 4) is 65.3 Å². The number of carboxylic acids is 1. The number of thiazole rings is 2. The molecule has 10 aromatic heterocycles. The molecule has 0 aliphatic rings. The van der Waals surface area contributed by atoms with Crippen molar-refractivity contribution in [1.29, 1.82) is 0 Å². The lowest BCUT2D eigenvalue weighted by Crippen LogP contribution is -2.10. The molecule has 10 heterocycles. The highest BCUT2D eigenvalue weighted by atomic mass is 35.5. The molecular weight excluding hydrogens is 1340 g/mol. The average molecular weight is 1390 g/mol. The summed E-state index contributed by atoms with van der Waals surface area (Å²) in [5.74, 6) is 0.970. The van der Waals surface area contributed by atoms with Gasteiger partial charge in [-0.05, 0) is 48.5 Å². The first-order valence-electron chi connectivity index (χ1n) is 26.4. The number of para-hydroxylation sites is 2. The molecule has 2 amide bonds. The van der Waals surface area contributed by atoms with E-state index in [1.54, 1.807) is 108 Å². The molecule has 8 N–H and O–H groups in total. The zero-order valence-electron chi connectivity index (χ0n) is 49.2. The average Bonchev–Trinajstić information content (AvgIpc) is 1.77. The largest absolute Gasteiger partial charge is 0.506 e. The third-order valence-corrected chi connectivity index (χ3v) is 19.2. The molecule has 34 heteroatoms. The number of esters is 1. The predicted octanol–water partition coefficient (Wildman–Crippen LogP) is 13.2. The van der Waals surface area contributed by atoms with Crippen molar-refractivity contribution in [2.24, 2.45) is 0 Å². The van der Waals surface area contributed by atoms with Crippen LogP contribution in [0.5, 0.6) is 23.0 Å². The fraction of sp³-hybridized carbons (Fsp3) is 0.138. The number of thiophene rings is 4. The minimum absolute atomic E-state index is 0.115. The van der Waals surface area contributed by atoms with Gasteiger partial charge in [-0.3, -0.25) is 20.2 Å². The molecule has 0 aliphatic heterocycles. The number of nitrogens with zero attached hydrogens (tertiary/aromatic N) is 10. The Hall–Kier alpha value is -9.80. The van der Waals surface area contributed by atoms with Gasteiger partial charge in [-0.25, -0.2) is 59.4 Å². The van der Waals surface area contributed by atoms with Gasteiger partial charge in [0.25, 0.3) is 11.8 Å². The minimum Gasteiger partial charge on any atom is -0.506 e. The summed E-state index contributed by atoms with van der Waals surface area (Å²) in [5, 5.41) is 38.2. The summed E-state index contributed by atoms with van der Waals surface area (Å²) in [5.41, 5.74) is 4.00. The van der Waals surface area contributed by atoms with Gasteiger partial charge < -0.3 is 50.4 Å². The topological polar surface area (TPSA) is 347 Å². The number of carbonyl (C=O) groups is 4. The molecule has 0 atom stereocenters. The zero-order valence-corrected chi connectivity index (χ0v) is 55.6. The molecule has 2 aromatic carbocycles. The van der Waals surface area contributed by atoms with Crippen LogP contribution in [0.2, 0.25) is 10.0 Å². The Bertz CT molecular complexity index is 4630. The summed E-state index contributed by atoms with van der Waals surface area (Å²) in [7, 11) is 12.7. The second-order valence-electron chi connectivity index (χ2n) is 17.8. The fourth-order valence-electron chi connectivity index (χ4n) is 7.88. The number of rotatable bonds is 17. The highest BCUT2D eigenvalue weighted by Gasteiger charge is 2.24. The van der Waals surface area contributed by atoms with Gasteiger partial charge in [0.15, 0.2) is 20.0 Å². The number of benzene rings is 2. The number of hydrogen-bond acceptors (Lipinski definition) is 29. The predicted molar refractivity (Wildman–Crippen MR) is 364 cm³/mol. The lowest BCUT2D eigenvalue weighted by molar-refractivity contribution is 0.0601. The molecule has 0 saturated carbocycles. The van der Waals surface area contributed by atoms with E-state index in [4.69, 9.17) is 47.3 Å². The second-order valence-corrected chi connectivity index (χ2v) is 24.9. The Morgan fingerprint density at radius 1 is 0.446 bits per heavy atom. The maximum atomic E-state index is 12.8. The smallest absolute Gasteiger partial charge is 0.351 e. The number of hydrogen-bond donors (Lipinski definition) is 8. The van der Waals surface area contributed by atoms with E-state index in [1.165, 1.54) is 79.9 Å². The number of carbonyl (C=O) groups excluding carboxylic acids is 3. The first-order chi connectivity index (χ1) is 44.5. The number of fused-ring (bicyclic) bond motifs is 2. The van der Waals surface area contributed by atoms with Crippen LogP contribution < -0.4 is 46.1 Å². The Labute approximate surface area is 556 Å². The van der Waals surface area contributed by atoms with Gasteiger partial charge >= 0.3 is 11.9 Å². The van der Waals surface area contributed by atoms with E-state index in [0.29, 0.717) is 104 Å². The number of aromatic hydroxyl groups is 1. The molecule has 0 spiro atoms. The van der Waals surface area contributed by atoms with Crippen molar-refractivity contribution in [3.63, 3.8) is 0 Å². The summed E-state index contributed by atoms with van der Waals surface area (Å²) >= 11 is 19.8. The van der Waals surface area contributed by atoms with Crippen LogP contribution in [-0.2, 0) is 4.74 Å². The van der Waals surface area contributed by atoms with E-state index in [9.17, 15) is 24.3 Å². The highest BCUT2D eigenvalue weighted by molar-refractivity contribution is 7.23. The SMILES string of the molecule is CNc1nccc(-c2cc(O)c(C(=O)Nc3nc4c(Cl)cccc4s3)s2)n1.CNc1nccc(-c2cc(OC)c(C(=O)Nc3nc4c(Cl)cccc4s3)s2)n1.CNc1nccc(-c2cc(OC)c(C(=O)O)s2)n1.CNc1nccc(-c2cc(OC)c(C(=O)OC)s2)n1. The molecule has 0 radical (unpaired) electrons. The van der Waals surface area contributed by atoms with Gasteiger partial charge in [-0.1, -0.05) is 58.0 Å². The maximum Gasteiger partial charge on any atom is 0.351 e. The van der Waals surface area contributed by atoms with Crippen molar-refractivity contribution >= 4 is 169 Å². The van der Waals surface area contributed by atoms with Gasteiger partial charge in [0.2, 0.25) is 23.8 Å². The summed E-state index contributed by atoms with van der Waals surface area (Å²) in [6.45, 7) is 0. The third kappa shape index (κ3) is 15.8. The van der Waals surface area contributed by atoms with Gasteiger partial charge in [0.1, 0.15) is 43.8 Å². The van der Waals surface area contributed by atoms with Crippen molar-refractivity contribution < 1.29 is 48.3 Å². The Kier molecular flexibility index (Phi) is 22.3. The van der Waals surface area contributed by atoms with Crippen LogP contribution in [0, 0.1) is 0 Å². The van der Waals surface area contributed by atoms with E-state index >= 15 is 0 Å². The lowest BCUT2D eigenvalue weighted by Gasteiger charge is -2.01. The van der Waals surface area contributed by atoms with Crippen LogP contribution in [0.15, 0.2) is 110 Å². The number of carboxylic acid groups (broad SMARTS) is 1. The lowest BCUT2D eigenvalue weighted by atomic mass is 10.3. The van der Waals surface area contributed by atoms with E-state index in [-0.39, 0.29) is 21.4 Å². The van der Waals surface area contributed by atoms with Crippen molar-refractivity contribution in [2.75, 3.05) is 88.5 Å². The molecule has 12 rings (SSSR count). The second kappa shape index (κ2) is 30.8. The molecule has 0 aliphatic carbocycles. The number of nitrogens with one attached hydrogen (secondary N) is 6. The monoisotopic (exact) mass is 1390 g/mol. The third-order valence-electron chi connectivity index (χ3n) is 12.2. The number of anilines is 6. The van der Waals surface area contributed by atoms with Gasteiger partial charge in [0.05, 0.1) is 90.2 Å². The maximum absolute atomic E-state index is 12.8. The molecule has 472 valence electrons. The van der Waals surface area contributed by atoms with Crippen LogP contribution in [0.25, 0.3) is 62.7 Å². The van der Waals surface area contributed by atoms with Crippen LogP contribution in [0.4, 0.5) is 34.1 Å². The first kappa shape index (κ1) is 66.6. The van der Waals surface area contributed by atoms with E-state index in [1.807, 2.05) is 24.3 Å². The standard InChI is InChI=1S/C18H14ClN5O2S2.C17H12ClN5O2S2.C12H13N3O3S.C11H11N3O3S/c1-20-17-21-7-6-10(22-17)13-8-11(26-2)15(27-13)16(25)24-18-23-14-9(19)4-3-5-12(14)28-18;1-19-16-20-6-5-9(21-16)12-7-10(24)14(26-12)15(25)23-17-22-13-8(18)3-2-4-11(13)27-17;1-13-12-14-5-4-7(15-12)9-6-8(17-2)10(19-9)11(16)18-3;1-12-11-13-4-3-6(14-11)8-5-7(17-2)9(18-8)10(15)16/h3-8H,1-2H3,(H,20,21,22)(H,23,24,25);2-7,24H,1H3,(H,19,20,21)(H,22,23,25);4-6H,1-3H3,(H,13,14,15);3-5H,1-2H3,(H,15,16)(H,12,13,14). The van der Waals surface area contributed by atoms with Crippen LogP contribution in [0.1, 0.15) is 38.7 Å². The molecule has 92 heavy (non-hydrogen) atoms. The minimum atomic E-state index is -1.01. The molecule has 26 nitrogen and oxygen atoms in total. The van der Waals surface area contributed by atoms with Crippen LogP contribution in [-0.4, -0.2) is 140 Å². The fourth-order valence-corrected chi connectivity index (χ4v) is 14.1. The van der Waals surface area contributed by atoms with E-state index in [2.05, 4.69) is 81.7 Å². The van der Waals surface area contributed by atoms with Crippen molar-refractivity contribution in [3.05, 3.63) is 139 Å². The number of halogens is 2. The molecule has 0 bridgehead atoms. The molecule has 0 fully saturated rings. The van der Waals surface area contributed by atoms with Gasteiger partial charge in [-0.2, -0.15) is 0 Å². The number of aromatic nitrogens is 10. The first-order valence-corrected chi connectivity index (χ1v) is 32.1. The Balaban J connectivity index is 0.000000148. The van der Waals surface area contributed by atoms with Crippen LogP contribution in [0.3, 0.4) is 0 Å². The zero-order chi connectivity index (χ0) is 65.6. The Morgan fingerprint density at radius 2 is 0.793 bits per heavy atom. The van der Waals surface area contributed by atoms with Crippen molar-refractivity contribution in [2.45, 2.75) is 0 Å². The van der Waals surface area contributed by atoms with Gasteiger partial charge in [-0.15, -0.1) is 45.3 Å². The number of aromatic carboxylic acids is 1. The van der Waals surface area contributed by atoms with E-state index < -0.39 is 17.8 Å². The normalized spacial score (nSPS) is 10.5. The quantitative estimate of drug-likeness (QED) is 0.0393. The molecule has 0 saturated heterocycles. The highest BCUT2D eigenvalue weighted by Crippen LogP contribution is 2.41. The Morgan fingerprint density at radius 3 is 1.15 bits per heavy atom. The number of methoxy groups -OCH3 is 4.